The number of rotatable bonds is 8. The van der Waals surface area contributed by atoms with Crippen LogP contribution in [0.3, 0.4) is 0 Å². The Balaban J connectivity index is 2.02. The highest BCUT2D eigenvalue weighted by atomic mass is 32.1. The number of aromatic nitrogens is 1. The van der Waals surface area contributed by atoms with E-state index < -0.39 is 0 Å². The van der Waals surface area contributed by atoms with E-state index in [2.05, 4.69) is 46.6 Å². The minimum Gasteiger partial charge on any atom is -0.375 e. The largest absolute Gasteiger partial charge is 0.375 e. The average Bonchev–Trinajstić information content (AvgIpc) is 3.27. The summed E-state index contributed by atoms with van der Waals surface area (Å²) in [6.07, 6.45) is 1.12. The summed E-state index contributed by atoms with van der Waals surface area (Å²) in [5, 5.41) is 6.47. The van der Waals surface area contributed by atoms with Gasteiger partial charge in [0.1, 0.15) is 11.1 Å². The lowest BCUT2D eigenvalue weighted by Gasteiger charge is -2.21. The molecule has 0 amide bonds. The van der Waals surface area contributed by atoms with Crippen LogP contribution in [-0.4, -0.2) is 36.5 Å². The van der Waals surface area contributed by atoms with Crippen LogP contribution in [0.5, 0.6) is 0 Å². The van der Waals surface area contributed by atoms with Gasteiger partial charge in [-0.15, -0.1) is 22.7 Å². The highest BCUT2D eigenvalue weighted by molar-refractivity contribution is 7.12. The van der Waals surface area contributed by atoms with Gasteiger partial charge in [0, 0.05) is 35.8 Å². The Hall–Kier alpha value is -1.44. The summed E-state index contributed by atoms with van der Waals surface area (Å²) >= 11 is 3.48. The molecular formula is C18H28N4OS2. The minimum atomic E-state index is 0.0394. The molecule has 0 aliphatic heterocycles. The van der Waals surface area contributed by atoms with Gasteiger partial charge in [0.25, 0.3) is 0 Å². The quantitative estimate of drug-likeness (QED) is 0.554. The van der Waals surface area contributed by atoms with Crippen LogP contribution in [0.1, 0.15) is 47.3 Å². The monoisotopic (exact) mass is 380 g/mol. The third-order valence-corrected chi connectivity index (χ3v) is 6.09. The summed E-state index contributed by atoms with van der Waals surface area (Å²) in [5.41, 5.74) is 1.04. The maximum absolute atomic E-state index is 5.34. The van der Waals surface area contributed by atoms with Crippen molar-refractivity contribution in [2.75, 3.05) is 20.7 Å². The molecule has 2 rings (SSSR count). The number of aryl methyl sites for hydroxylation is 1. The molecule has 5 nitrogen and oxygen atoms in total. The van der Waals surface area contributed by atoms with Gasteiger partial charge in [0.05, 0.1) is 18.8 Å². The van der Waals surface area contributed by atoms with Gasteiger partial charge in [-0.3, -0.25) is 0 Å². The number of ether oxygens (including phenoxy) is 1. The molecule has 0 aromatic carbocycles. The van der Waals surface area contributed by atoms with Crippen LogP contribution < -0.4 is 5.32 Å². The van der Waals surface area contributed by atoms with Gasteiger partial charge in [0.15, 0.2) is 5.96 Å². The smallest absolute Gasteiger partial charge is 0.194 e. The second-order valence-electron chi connectivity index (χ2n) is 5.80. The van der Waals surface area contributed by atoms with Crippen molar-refractivity contribution in [2.24, 2.45) is 4.99 Å². The van der Waals surface area contributed by atoms with Crippen LogP contribution in [0.15, 0.2) is 22.5 Å². The second kappa shape index (κ2) is 9.89. The third kappa shape index (κ3) is 5.80. The number of guanidine groups is 1. The minimum absolute atomic E-state index is 0.0394. The van der Waals surface area contributed by atoms with Crippen LogP contribution >= 0.6 is 22.7 Å². The molecule has 0 spiro atoms. The molecule has 1 atom stereocenters. The van der Waals surface area contributed by atoms with Crippen LogP contribution in [0.25, 0.3) is 0 Å². The summed E-state index contributed by atoms with van der Waals surface area (Å²) in [7, 11) is 3.76. The molecule has 1 N–H and O–H groups in total. The lowest BCUT2D eigenvalue weighted by Crippen LogP contribution is -2.38. The fraction of sp³-hybridized carbons (Fsp3) is 0.556. The van der Waals surface area contributed by atoms with E-state index in [1.807, 2.05) is 25.3 Å². The third-order valence-electron chi connectivity index (χ3n) is 3.82. The zero-order valence-corrected chi connectivity index (χ0v) is 17.3. The van der Waals surface area contributed by atoms with Crippen molar-refractivity contribution in [1.82, 2.24) is 15.2 Å². The first-order chi connectivity index (χ1) is 12.1. The lowest BCUT2D eigenvalue weighted by atomic mass is 10.4. The van der Waals surface area contributed by atoms with Crippen molar-refractivity contribution in [1.29, 1.82) is 0 Å². The fourth-order valence-corrected chi connectivity index (χ4v) is 4.04. The molecular weight excluding hydrogens is 352 g/mol. The normalized spacial score (nSPS) is 13.1. The van der Waals surface area contributed by atoms with Gasteiger partial charge in [0.2, 0.25) is 0 Å². The van der Waals surface area contributed by atoms with Crippen molar-refractivity contribution < 1.29 is 4.74 Å². The van der Waals surface area contributed by atoms with Gasteiger partial charge in [-0.2, -0.15) is 0 Å². The number of nitrogens with one attached hydrogen (secondary N) is 1. The van der Waals surface area contributed by atoms with Crippen molar-refractivity contribution in [3.05, 3.63) is 38.0 Å². The number of aliphatic imine (C=N–C) groups is 1. The Morgan fingerprint density at radius 2 is 2.12 bits per heavy atom. The van der Waals surface area contributed by atoms with E-state index in [-0.39, 0.29) is 6.10 Å². The Morgan fingerprint density at radius 3 is 2.76 bits per heavy atom. The zero-order chi connectivity index (χ0) is 18.2. The topological polar surface area (TPSA) is 49.8 Å². The zero-order valence-electron chi connectivity index (χ0n) is 15.7. The number of hydrogen-bond acceptors (Lipinski definition) is 5. The number of nitrogens with zero attached hydrogens (tertiary/aromatic N) is 3. The number of hydrogen-bond donors (Lipinski definition) is 1. The SMILES string of the molecule is CCNC(=NCc1ccc(CC)s1)N(C)Cc1csc(C(C)OC)n1. The Labute approximate surface area is 158 Å². The summed E-state index contributed by atoms with van der Waals surface area (Å²) in [6, 6.07) is 4.37. The fourth-order valence-electron chi connectivity index (χ4n) is 2.32. The Morgan fingerprint density at radius 1 is 1.36 bits per heavy atom. The molecule has 2 aromatic heterocycles. The predicted octanol–water partition coefficient (Wildman–Crippen LogP) is 4.07. The van der Waals surface area contributed by atoms with E-state index >= 15 is 0 Å². The molecule has 7 heteroatoms. The summed E-state index contributed by atoms with van der Waals surface area (Å²) in [6.45, 7) is 8.57. The van der Waals surface area contributed by atoms with Gasteiger partial charge in [-0.1, -0.05) is 6.92 Å². The van der Waals surface area contributed by atoms with Crippen molar-refractivity contribution >= 4 is 28.6 Å². The first-order valence-electron chi connectivity index (χ1n) is 8.61. The molecule has 0 radical (unpaired) electrons. The number of thiazole rings is 1. The Kier molecular flexibility index (Phi) is 7.87. The van der Waals surface area contributed by atoms with Crippen molar-refractivity contribution in [3.63, 3.8) is 0 Å². The van der Waals surface area contributed by atoms with Gasteiger partial charge < -0.3 is 15.0 Å². The van der Waals surface area contributed by atoms with Crippen LogP contribution in [-0.2, 0) is 24.2 Å². The molecule has 138 valence electrons. The molecule has 0 aliphatic rings. The van der Waals surface area contributed by atoms with Crippen molar-refractivity contribution in [2.45, 2.75) is 46.4 Å². The van der Waals surface area contributed by atoms with Crippen molar-refractivity contribution in [3.8, 4) is 0 Å². The van der Waals surface area contributed by atoms with E-state index in [9.17, 15) is 0 Å². The summed E-state index contributed by atoms with van der Waals surface area (Å²) in [4.78, 5) is 14.3. The molecule has 2 heterocycles. The van der Waals surface area contributed by atoms with E-state index in [0.29, 0.717) is 6.54 Å². The summed E-state index contributed by atoms with van der Waals surface area (Å²) in [5.74, 6) is 0.906. The number of thiophene rings is 1. The van der Waals surface area contributed by atoms with E-state index in [1.165, 1.54) is 9.75 Å². The number of methoxy groups -OCH3 is 1. The molecule has 0 saturated carbocycles. The van der Waals surface area contributed by atoms with Crippen LogP contribution in [0, 0.1) is 0 Å². The van der Waals surface area contributed by atoms with Gasteiger partial charge >= 0.3 is 0 Å². The molecule has 0 bridgehead atoms. The van der Waals surface area contributed by atoms with E-state index in [4.69, 9.17) is 9.73 Å². The van der Waals surface area contributed by atoms with E-state index in [1.54, 1.807) is 18.4 Å². The van der Waals surface area contributed by atoms with Gasteiger partial charge in [-0.25, -0.2) is 9.98 Å². The Bertz CT molecular complexity index is 680. The predicted molar refractivity (Wildman–Crippen MR) is 108 cm³/mol. The molecule has 0 saturated heterocycles. The van der Waals surface area contributed by atoms with Crippen LogP contribution in [0.2, 0.25) is 0 Å². The first kappa shape index (κ1) is 19.9. The lowest BCUT2D eigenvalue weighted by molar-refractivity contribution is 0.119. The highest BCUT2D eigenvalue weighted by Gasteiger charge is 2.12. The summed E-state index contributed by atoms with van der Waals surface area (Å²) < 4.78 is 5.34. The maximum atomic E-state index is 5.34. The highest BCUT2D eigenvalue weighted by Crippen LogP contribution is 2.21. The molecule has 2 aromatic rings. The van der Waals surface area contributed by atoms with Gasteiger partial charge in [-0.05, 0) is 32.4 Å². The van der Waals surface area contributed by atoms with Crippen LogP contribution in [0.4, 0.5) is 0 Å². The molecule has 0 fully saturated rings. The molecule has 25 heavy (non-hydrogen) atoms. The molecule has 0 aliphatic carbocycles. The average molecular weight is 381 g/mol. The van der Waals surface area contributed by atoms with E-state index in [0.717, 1.165) is 36.2 Å². The first-order valence-corrected chi connectivity index (χ1v) is 10.3. The molecule has 1 unspecified atom stereocenters. The second-order valence-corrected chi connectivity index (χ2v) is 7.95. The maximum Gasteiger partial charge on any atom is 0.194 e. The standard InChI is InChI=1S/C18H28N4OS2/c1-6-15-8-9-16(25-15)10-20-18(19-7-2)22(4)11-14-12-24-17(21-14)13(3)23-5/h8-9,12-13H,6-7,10-11H2,1-5H3,(H,19,20).